The molecule has 19 heavy (non-hydrogen) atoms. The molecule has 1 saturated heterocycles. The van der Waals surface area contributed by atoms with E-state index in [2.05, 4.69) is 10.6 Å². The van der Waals surface area contributed by atoms with Crippen molar-refractivity contribution in [3.05, 3.63) is 11.8 Å². The van der Waals surface area contributed by atoms with E-state index in [-0.39, 0.29) is 5.91 Å². The number of ether oxygens (including phenoxy) is 2. The van der Waals surface area contributed by atoms with E-state index in [9.17, 15) is 9.59 Å². The number of aliphatic hydroxyl groups is 1. The topological polar surface area (TPSA) is 96.9 Å². The second kappa shape index (κ2) is 21.8. The lowest BCUT2D eigenvalue weighted by Crippen LogP contribution is -2.20. The van der Waals surface area contributed by atoms with Crippen molar-refractivity contribution in [3.8, 4) is 0 Å². The van der Waals surface area contributed by atoms with Crippen molar-refractivity contribution in [2.24, 2.45) is 0 Å². The second-order valence-corrected chi connectivity index (χ2v) is 2.63. The van der Waals surface area contributed by atoms with E-state index < -0.39 is 0 Å². The monoisotopic (exact) mass is 278 g/mol. The van der Waals surface area contributed by atoms with Crippen molar-refractivity contribution >= 4 is 12.3 Å². The molecule has 0 aromatic rings. The molecule has 0 spiro atoms. The Hall–Kier alpha value is -1.44. The molecular weight excluding hydrogens is 252 g/mol. The van der Waals surface area contributed by atoms with Crippen molar-refractivity contribution < 1.29 is 24.2 Å². The lowest BCUT2D eigenvalue weighted by Gasteiger charge is -1.96. The van der Waals surface area contributed by atoms with Crippen molar-refractivity contribution in [3.63, 3.8) is 0 Å². The summed E-state index contributed by atoms with van der Waals surface area (Å²) in [4.78, 5) is 20.4. The largest absolute Gasteiger partial charge is 0.400 e. The molecule has 3 N–H and O–H groups in total. The second-order valence-electron chi connectivity index (χ2n) is 2.63. The summed E-state index contributed by atoms with van der Waals surface area (Å²) in [5, 5.41) is 11.7. The molecule has 0 aromatic carbocycles. The Kier molecular flexibility index (Phi) is 26.1. The summed E-state index contributed by atoms with van der Waals surface area (Å²) in [6.07, 6.45) is 1.85. The van der Waals surface area contributed by atoms with Crippen LogP contribution in [0.25, 0.3) is 0 Å². The maximum Gasteiger partial charge on any atom is 0.248 e. The fourth-order valence-electron chi connectivity index (χ4n) is 0.716. The first-order chi connectivity index (χ1) is 9.22. The van der Waals surface area contributed by atoms with Gasteiger partial charge in [0.05, 0.1) is 13.2 Å². The zero-order chi connectivity index (χ0) is 15.5. The highest BCUT2D eigenvalue weighted by molar-refractivity contribution is 5.92. The lowest BCUT2D eigenvalue weighted by molar-refractivity contribution is -0.117. The summed E-state index contributed by atoms with van der Waals surface area (Å²) in [5.41, 5.74) is 0.467. The minimum absolute atomic E-state index is 0.200. The molecule has 1 heterocycles. The van der Waals surface area contributed by atoms with Crippen LogP contribution in [-0.2, 0) is 19.1 Å². The number of rotatable bonds is 3. The molecule has 0 unspecified atom stereocenters. The SMILES string of the molecule is C1COCO1.CC.CNC(=O)/C(C)=C\NC=O.CO. The first kappa shape index (κ1) is 22.7. The third-order valence-electron chi connectivity index (χ3n) is 1.49. The molecular formula is C12H26N2O5. The Morgan fingerprint density at radius 2 is 1.68 bits per heavy atom. The molecule has 1 rings (SSSR count). The highest BCUT2D eigenvalue weighted by Crippen LogP contribution is 1.87. The van der Waals surface area contributed by atoms with Gasteiger partial charge in [-0.05, 0) is 6.92 Å². The Labute approximate surface area is 115 Å². The average Bonchev–Trinajstić information content (AvgIpc) is 3.07. The first-order valence-electron chi connectivity index (χ1n) is 5.91. The number of nitrogens with one attached hydrogen (secondary N) is 2. The first-order valence-corrected chi connectivity index (χ1v) is 5.91. The summed E-state index contributed by atoms with van der Waals surface area (Å²) in [6.45, 7) is 7.66. The zero-order valence-electron chi connectivity index (χ0n) is 12.4. The van der Waals surface area contributed by atoms with Crippen LogP contribution in [-0.4, -0.2) is 51.6 Å². The van der Waals surface area contributed by atoms with Crippen LogP contribution in [0.2, 0.25) is 0 Å². The van der Waals surface area contributed by atoms with Gasteiger partial charge in [-0.1, -0.05) is 13.8 Å². The van der Waals surface area contributed by atoms with Gasteiger partial charge in [0.1, 0.15) is 6.79 Å². The van der Waals surface area contributed by atoms with Gasteiger partial charge in [-0.15, -0.1) is 0 Å². The van der Waals surface area contributed by atoms with Crippen molar-refractivity contribution in [2.45, 2.75) is 20.8 Å². The summed E-state index contributed by atoms with van der Waals surface area (Å²) >= 11 is 0. The number of amides is 2. The highest BCUT2D eigenvalue weighted by Gasteiger charge is 1.97. The van der Waals surface area contributed by atoms with E-state index in [0.29, 0.717) is 18.8 Å². The minimum atomic E-state index is -0.200. The van der Waals surface area contributed by atoms with Crippen LogP contribution < -0.4 is 10.6 Å². The van der Waals surface area contributed by atoms with E-state index in [1.165, 1.54) is 13.2 Å². The van der Waals surface area contributed by atoms with Crippen LogP contribution in [0.5, 0.6) is 0 Å². The van der Waals surface area contributed by atoms with E-state index in [0.717, 1.165) is 20.3 Å². The smallest absolute Gasteiger partial charge is 0.248 e. The molecule has 0 aliphatic carbocycles. The Morgan fingerprint density at radius 3 is 1.95 bits per heavy atom. The predicted octanol–water partition coefficient (Wildman–Crippen LogP) is 0.00760. The van der Waals surface area contributed by atoms with Gasteiger partial charge in [0.25, 0.3) is 0 Å². The third kappa shape index (κ3) is 19.1. The molecule has 7 nitrogen and oxygen atoms in total. The number of carbonyl (C=O) groups is 2. The molecule has 0 atom stereocenters. The average molecular weight is 278 g/mol. The fraction of sp³-hybridized carbons (Fsp3) is 0.667. The van der Waals surface area contributed by atoms with Gasteiger partial charge in [-0.3, -0.25) is 9.59 Å². The normalized spacial score (nSPS) is 12.4. The summed E-state index contributed by atoms with van der Waals surface area (Å²) in [7, 11) is 2.53. The van der Waals surface area contributed by atoms with Crippen LogP contribution >= 0.6 is 0 Å². The van der Waals surface area contributed by atoms with Crippen LogP contribution in [0.3, 0.4) is 0 Å². The quantitative estimate of drug-likeness (QED) is 0.499. The number of hydrogen-bond acceptors (Lipinski definition) is 5. The Balaban J connectivity index is -0.000000236. The van der Waals surface area contributed by atoms with Crippen molar-refractivity contribution in [1.82, 2.24) is 10.6 Å². The molecule has 7 heteroatoms. The van der Waals surface area contributed by atoms with Gasteiger partial charge in [-0.25, -0.2) is 0 Å². The number of carbonyl (C=O) groups excluding carboxylic acids is 2. The molecule has 0 radical (unpaired) electrons. The summed E-state index contributed by atoms with van der Waals surface area (Å²) < 4.78 is 9.44. The van der Waals surface area contributed by atoms with Gasteiger partial charge in [0.2, 0.25) is 12.3 Å². The van der Waals surface area contributed by atoms with Crippen LogP contribution in [0.15, 0.2) is 11.8 Å². The Morgan fingerprint density at radius 1 is 1.21 bits per heavy atom. The van der Waals surface area contributed by atoms with E-state index >= 15 is 0 Å². The van der Waals surface area contributed by atoms with Gasteiger partial charge in [0.15, 0.2) is 0 Å². The maximum atomic E-state index is 10.7. The van der Waals surface area contributed by atoms with E-state index in [4.69, 9.17) is 14.6 Å². The number of hydrogen-bond donors (Lipinski definition) is 3. The Bertz CT molecular complexity index is 221. The van der Waals surface area contributed by atoms with E-state index in [1.54, 1.807) is 6.92 Å². The van der Waals surface area contributed by atoms with Gasteiger partial charge in [0, 0.05) is 25.9 Å². The molecule has 2 amide bonds. The van der Waals surface area contributed by atoms with Gasteiger partial charge < -0.3 is 25.2 Å². The van der Waals surface area contributed by atoms with Crippen LogP contribution in [0, 0.1) is 0 Å². The van der Waals surface area contributed by atoms with Gasteiger partial charge >= 0.3 is 0 Å². The molecule has 0 bridgehead atoms. The summed E-state index contributed by atoms with van der Waals surface area (Å²) in [5.74, 6) is -0.200. The molecule has 1 aliphatic rings. The minimum Gasteiger partial charge on any atom is -0.400 e. The highest BCUT2D eigenvalue weighted by atomic mass is 16.7. The molecule has 114 valence electrons. The molecule has 0 saturated carbocycles. The molecule has 1 aliphatic heterocycles. The molecule has 0 aromatic heterocycles. The van der Waals surface area contributed by atoms with Crippen LogP contribution in [0.4, 0.5) is 0 Å². The van der Waals surface area contributed by atoms with E-state index in [1.807, 2.05) is 13.8 Å². The maximum absolute atomic E-state index is 10.7. The standard InChI is InChI=1S/C6H10N2O2.C3H6O2.C2H6.CH4O/c1-5(3-8-4-9)6(10)7-2;1-2-5-3-4-1;2*1-2/h3-4H,1-2H3,(H,7,10)(H,8,9);1-3H2;1-2H3;2H,1H3/b5-3-;;;. The van der Waals surface area contributed by atoms with Crippen molar-refractivity contribution in [2.75, 3.05) is 34.2 Å². The van der Waals surface area contributed by atoms with Crippen molar-refractivity contribution in [1.29, 1.82) is 0 Å². The fourth-order valence-corrected chi connectivity index (χ4v) is 0.716. The van der Waals surface area contributed by atoms with Crippen LogP contribution in [0.1, 0.15) is 20.8 Å². The predicted molar refractivity (Wildman–Crippen MR) is 73.3 cm³/mol. The summed E-state index contributed by atoms with van der Waals surface area (Å²) in [6, 6.07) is 0. The number of aliphatic hydroxyl groups excluding tert-OH is 1. The van der Waals surface area contributed by atoms with Gasteiger partial charge in [-0.2, -0.15) is 0 Å². The zero-order valence-corrected chi connectivity index (χ0v) is 12.4. The number of likely N-dealkylation sites (N-methyl/N-ethyl adjacent to an activating group) is 1. The third-order valence-corrected chi connectivity index (χ3v) is 1.49. The molecule has 1 fully saturated rings. The lowest BCUT2D eigenvalue weighted by atomic mass is 10.3.